The van der Waals surface area contributed by atoms with Gasteiger partial charge in [-0.2, -0.15) is 0 Å². The van der Waals surface area contributed by atoms with Gasteiger partial charge >= 0.3 is 0 Å². The molecule has 0 aliphatic heterocycles. The summed E-state index contributed by atoms with van der Waals surface area (Å²) >= 11 is 3.41. The van der Waals surface area contributed by atoms with Gasteiger partial charge in [0.2, 0.25) is 0 Å². The van der Waals surface area contributed by atoms with Gasteiger partial charge in [-0.1, -0.05) is 21.9 Å². The molecule has 0 spiro atoms. The summed E-state index contributed by atoms with van der Waals surface area (Å²) in [5.41, 5.74) is 1.05. The van der Waals surface area contributed by atoms with Crippen molar-refractivity contribution in [3.63, 3.8) is 0 Å². The van der Waals surface area contributed by atoms with Crippen molar-refractivity contribution in [3.05, 3.63) is 34.3 Å². The monoisotopic (exact) mass is 304 g/mol. The summed E-state index contributed by atoms with van der Waals surface area (Å²) in [5, 5.41) is 0. The molecule has 0 unspecified atom stereocenters. The fraction of sp³-hybridized carbons (Fsp3) is 0.375. The van der Waals surface area contributed by atoms with Gasteiger partial charge in [-0.25, -0.2) is 0 Å². The van der Waals surface area contributed by atoms with E-state index in [-0.39, 0.29) is 0 Å². The minimum atomic E-state index is 0.752. The van der Waals surface area contributed by atoms with Crippen LogP contribution in [-0.2, 0) is 0 Å². The molecule has 1 nitrogen and oxygen atoms in total. The van der Waals surface area contributed by atoms with Crippen LogP contribution in [0.25, 0.3) is 0 Å². The molecule has 0 radical (unpaired) electrons. The number of halogens is 1. The minimum absolute atomic E-state index is 0.752. The Morgan fingerprint density at radius 2 is 1.72 bits per heavy atom. The molecule has 0 bridgehead atoms. The van der Waals surface area contributed by atoms with Gasteiger partial charge in [-0.3, -0.25) is 0 Å². The molecule has 1 aromatic rings. The molecule has 1 rings (SSSR count). The van der Waals surface area contributed by atoms with E-state index in [1.54, 1.807) is 0 Å². The van der Waals surface area contributed by atoms with Crippen molar-refractivity contribution in [2.45, 2.75) is 13.8 Å². The standard InChI is InChI=1S/C16H19BrN/c1-4-13-18(5-2,6-3)14-7-8-15-9-11-16(17)12-10-15/h1,9-12H,5-6,13-14H2,2-3H3/q+1. The van der Waals surface area contributed by atoms with Crippen LogP contribution in [0.2, 0.25) is 0 Å². The second-order valence-corrected chi connectivity index (χ2v) is 5.22. The second-order valence-electron chi connectivity index (χ2n) is 4.30. The Labute approximate surface area is 119 Å². The van der Waals surface area contributed by atoms with Gasteiger partial charge < -0.3 is 4.48 Å². The van der Waals surface area contributed by atoms with Crippen LogP contribution >= 0.6 is 15.9 Å². The average Bonchev–Trinajstić information content (AvgIpc) is 2.40. The van der Waals surface area contributed by atoms with Gasteiger partial charge in [-0.05, 0) is 50.0 Å². The van der Waals surface area contributed by atoms with Crippen molar-refractivity contribution in [3.8, 4) is 24.2 Å². The molecule has 0 atom stereocenters. The van der Waals surface area contributed by atoms with Gasteiger partial charge in [0.05, 0.1) is 13.1 Å². The van der Waals surface area contributed by atoms with Crippen molar-refractivity contribution in [2.24, 2.45) is 0 Å². The van der Waals surface area contributed by atoms with E-state index in [0.29, 0.717) is 0 Å². The van der Waals surface area contributed by atoms with E-state index in [0.717, 1.165) is 40.7 Å². The lowest BCUT2D eigenvalue weighted by atomic mass is 10.2. The summed E-state index contributed by atoms with van der Waals surface area (Å²) < 4.78 is 1.95. The van der Waals surface area contributed by atoms with E-state index >= 15 is 0 Å². The maximum absolute atomic E-state index is 5.45. The summed E-state index contributed by atoms with van der Waals surface area (Å²) in [6, 6.07) is 8.05. The molecule has 0 aromatic heterocycles. The molecular weight excluding hydrogens is 286 g/mol. The second kappa shape index (κ2) is 7.27. The molecule has 2 heteroatoms. The Bertz CT molecular complexity index is 467. The number of nitrogens with zero attached hydrogens (tertiary/aromatic N) is 1. The number of hydrogen-bond acceptors (Lipinski definition) is 0. The quantitative estimate of drug-likeness (QED) is 0.591. The Morgan fingerprint density at radius 3 is 2.22 bits per heavy atom. The van der Waals surface area contributed by atoms with Crippen LogP contribution in [0.15, 0.2) is 28.7 Å². The number of hydrogen-bond donors (Lipinski definition) is 0. The molecule has 0 saturated carbocycles. The lowest BCUT2D eigenvalue weighted by molar-refractivity contribution is -0.911. The van der Waals surface area contributed by atoms with E-state index in [4.69, 9.17) is 6.42 Å². The predicted octanol–water partition coefficient (Wildman–Crippen LogP) is 3.29. The zero-order chi connectivity index (χ0) is 13.4. The highest BCUT2D eigenvalue weighted by molar-refractivity contribution is 9.10. The summed E-state index contributed by atoms with van der Waals surface area (Å²) in [6.45, 7) is 7.95. The molecule has 0 aliphatic rings. The SMILES string of the molecule is C#CC[N+](CC)(CC)CC#Cc1ccc(Br)cc1. The molecule has 0 saturated heterocycles. The van der Waals surface area contributed by atoms with E-state index in [2.05, 4.69) is 47.5 Å². The topological polar surface area (TPSA) is 0 Å². The average molecular weight is 305 g/mol. The van der Waals surface area contributed by atoms with Crippen molar-refractivity contribution >= 4 is 15.9 Å². The van der Waals surface area contributed by atoms with Crippen LogP contribution in [0.4, 0.5) is 0 Å². The van der Waals surface area contributed by atoms with Crippen molar-refractivity contribution in [1.29, 1.82) is 0 Å². The first kappa shape index (κ1) is 14.8. The van der Waals surface area contributed by atoms with Crippen LogP contribution < -0.4 is 0 Å². The van der Waals surface area contributed by atoms with Crippen molar-refractivity contribution in [1.82, 2.24) is 0 Å². The number of terminal acetylenes is 1. The van der Waals surface area contributed by atoms with Crippen LogP contribution in [0.1, 0.15) is 19.4 Å². The molecule has 0 aliphatic carbocycles. The molecule has 0 fully saturated rings. The molecule has 0 heterocycles. The fourth-order valence-corrected chi connectivity index (χ4v) is 2.03. The first-order chi connectivity index (χ1) is 8.65. The smallest absolute Gasteiger partial charge is 0.142 e. The fourth-order valence-electron chi connectivity index (χ4n) is 1.76. The van der Waals surface area contributed by atoms with E-state index < -0.39 is 0 Å². The van der Waals surface area contributed by atoms with Gasteiger partial charge in [0.25, 0.3) is 0 Å². The maximum atomic E-state index is 5.45. The summed E-state index contributed by atoms with van der Waals surface area (Å²) in [7, 11) is 0. The summed E-state index contributed by atoms with van der Waals surface area (Å²) in [6.07, 6.45) is 5.45. The minimum Gasteiger partial charge on any atom is -0.304 e. The van der Waals surface area contributed by atoms with E-state index in [1.165, 1.54) is 0 Å². The van der Waals surface area contributed by atoms with Crippen LogP contribution in [0, 0.1) is 24.2 Å². The summed E-state index contributed by atoms with van der Waals surface area (Å²) in [5.74, 6) is 9.22. The van der Waals surface area contributed by atoms with Gasteiger partial charge in [0.15, 0.2) is 0 Å². The lowest BCUT2D eigenvalue weighted by Gasteiger charge is -2.32. The van der Waals surface area contributed by atoms with Crippen LogP contribution in [0.5, 0.6) is 0 Å². The van der Waals surface area contributed by atoms with Crippen LogP contribution in [0.3, 0.4) is 0 Å². The molecule has 94 valence electrons. The Kier molecular flexibility index (Phi) is 5.99. The third-order valence-corrected chi connectivity index (χ3v) is 3.79. The Hall–Kier alpha value is -1.22. The van der Waals surface area contributed by atoms with E-state index in [9.17, 15) is 0 Å². The number of benzene rings is 1. The molecule has 18 heavy (non-hydrogen) atoms. The first-order valence-electron chi connectivity index (χ1n) is 6.19. The largest absolute Gasteiger partial charge is 0.304 e. The highest BCUT2D eigenvalue weighted by atomic mass is 79.9. The lowest BCUT2D eigenvalue weighted by Crippen LogP contribution is -2.48. The predicted molar refractivity (Wildman–Crippen MR) is 80.9 cm³/mol. The van der Waals surface area contributed by atoms with Crippen molar-refractivity contribution < 1.29 is 4.48 Å². The third kappa shape index (κ3) is 4.22. The Morgan fingerprint density at radius 1 is 1.11 bits per heavy atom. The van der Waals surface area contributed by atoms with Crippen molar-refractivity contribution in [2.75, 3.05) is 26.2 Å². The normalized spacial score (nSPS) is 10.3. The zero-order valence-electron chi connectivity index (χ0n) is 11.0. The zero-order valence-corrected chi connectivity index (χ0v) is 12.6. The van der Waals surface area contributed by atoms with Gasteiger partial charge in [-0.15, -0.1) is 6.42 Å². The van der Waals surface area contributed by atoms with E-state index in [1.807, 2.05) is 24.3 Å². The number of quaternary nitrogens is 1. The number of rotatable bonds is 4. The maximum Gasteiger partial charge on any atom is 0.142 e. The summed E-state index contributed by atoms with van der Waals surface area (Å²) in [4.78, 5) is 0. The Balaban J connectivity index is 2.74. The first-order valence-corrected chi connectivity index (χ1v) is 6.98. The third-order valence-electron chi connectivity index (χ3n) is 3.26. The molecule has 0 amide bonds. The molecule has 0 N–H and O–H groups in total. The highest BCUT2D eigenvalue weighted by Gasteiger charge is 2.19. The highest BCUT2D eigenvalue weighted by Crippen LogP contribution is 2.09. The van der Waals surface area contributed by atoms with Gasteiger partial charge in [0, 0.05) is 10.0 Å². The van der Waals surface area contributed by atoms with Crippen LogP contribution in [-0.4, -0.2) is 30.7 Å². The molecule has 1 aromatic carbocycles. The van der Waals surface area contributed by atoms with Gasteiger partial charge in [0.1, 0.15) is 13.1 Å². The molecular formula is C16H19BrN+.